The Hall–Kier alpha value is -1.97. The summed E-state index contributed by atoms with van der Waals surface area (Å²) in [6.07, 6.45) is 1.79. The van der Waals surface area contributed by atoms with Gasteiger partial charge in [-0.15, -0.1) is 0 Å². The summed E-state index contributed by atoms with van der Waals surface area (Å²) in [4.78, 5) is 6.66. The van der Waals surface area contributed by atoms with E-state index < -0.39 is 0 Å². The average Bonchev–Trinajstić information content (AvgIpc) is 2.42. The molecule has 0 radical (unpaired) electrons. The normalized spacial score (nSPS) is 10.6. The molecule has 2 N–H and O–H groups in total. The number of rotatable bonds is 4. The number of hydrogen-bond acceptors (Lipinski definition) is 4. The Balaban J connectivity index is 2.77. The predicted octanol–water partition coefficient (Wildman–Crippen LogP) is 2.67. The maximum Gasteiger partial charge on any atom is 0.144 e. The number of nitrogens with two attached hydrogens (primary N) is 1. The molecule has 4 heteroatoms. The monoisotopic (exact) mass is 245 g/mol. The molecule has 0 saturated carbocycles. The van der Waals surface area contributed by atoms with Crippen molar-refractivity contribution in [1.29, 1.82) is 0 Å². The Labute approximate surface area is 107 Å². The summed E-state index contributed by atoms with van der Waals surface area (Å²) in [5, 5.41) is 1.05. The van der Waals surface area contributed by atoms with Gasteiger partial charge in [0.1, 0.15) is 11.4 Å². The van der Waals surface area contributed by atoms with Gasteiger partial charge in [0.15, 0.2) is 0 Å². The van der Waals surface area contributed by atoms with E-state index in [0.29, 0.717) is 11.4 Å². The highest BCUT2D eigenvalue weighted by Crippen LogP contribution is 2.38. The number of pyridine rings is 1. The van der Waals surface area contributed by atoms with Gasteiger partial charge in [-0.05, 0) is 26.0 Å². The lowest BCUT2D eigenvalue weighted by Crippen LogP contribution is -2.23. The standard InChI is InChI=1S/C14H19N3O/c1-4-17(5-2)14-12(15)11(18-3)9-10-7-6-8-16-13(10)14/h6-9H,4-5,15H2,1-3H3. The zero-order valence-electron chi connectivity index (χ0n) is 11.1. The summed E-state index contributed by atoms with van der Waals surface area (Å²) in [5.41, 5.74) is 8.76. The first-order valence-corrected chi connectivity index (χ1v) is 6.19. The fraction of sp³-hybridized carbons (Fsp3) is 0.357. The van der Waals surface area contributed by atoms with Crippen molar-refractivity contribution < 1.29 is 4.74 Å². The molecule has 2 rings (SSSR count). The summed E-state index contributed by atoms with van der Waals surface area (Å²) < 4.78 is 5.35. The number of methoxy groups -OCH3 is 1. The molecule has 0 aliphatic heterocycles. The minimum atomic E-state index is 0.660. The van der Waals surface area contributed by atoms with Crippen LogP contribution in [0.1, 0.15) is 13.8 Å². The first kappa shape index (κ1) is 12.5. The van der Waals surface area contributed by atoms with E-state index in [1.807, 2.05) is 18.2 Å². The second kappa shape index (κ2) is 5.12. The highest BCUT2D eigenvalue weighted by atomic mass is 16.5. The quantitative estimate of drug-likeness (QED) is 0.841. The van der Waals surface area contributed by atoms with Gasteiger partial charge in [-0.25, -0.2) is 0 Å². The molecule has 18 heavy (non-hydrogen) atoms. The molecule has 1 heterocycles. The van der Waals surface area contributed by atoms with E-state index in [2.05, 4.69) is 23.7 Å². The van der Waals surface area contributed by atoms with Crippen molar-refractivity contribution in [2.75, 3.05) is 30.8 Å². The Morgan fingerprint density at radius 3 is 2.67 bits per heavy atom. The van der Waals surface area contributed by atoms with Gasteiger partial charge >= 0.3 is 0 Å². The molecule has 1 aromatic heterocycles. The van der Waals surface area contributed by atoms with E-state index in [9.17, 15) is 0 Å². The lowest BCUT2D eigenvalue weighted by Gasteiger charge is -2.25. The van der Waals surface area contributed by atoms with Gasteiger partial charge in [-0.2, -0.15) is 0 Å². The molecule has 0 amide bonds. The summed E-state index contributed by atoms with van der Waals surface area (Å²) >= 11 is 0. The van der Waals surface area contributed by atoms with Crippen LogP contribution in [0.3, 0.4) is 0 Å². The van der Waals surface area contributed by atoms with Crippen LogP contribution in [-0.4, -0.2) is 25.2 Å². The van der Waals surface area contributed by atoms with E-state index in [1.54, 1.807) is 13.3 Å². The van der Waals surface area contributed by atoms with Crippen molar-refractivity contribution in [1.82, 2.24) is 4.98 Å². The van der Waals surface area contributed by atoms with E-state index in [1.165, 1.54) is 0 Å². The van der Waals surface area contributed by atoms with E-state index in [-0.39, 0.29) is 0 Å². The van der Waals surface area contributed by atoms with Gasteiger partial charge in [0.05, 0.1) is 18.3 Å². The number of fused-ring (bicyclic) bond motifs is 1. The van der Waals surface area contributed by atoms with Crippen LogP contribution in [0.5, 0.6) is 5.75 Å². The highest BCUT2D eigenvalue weighted by Gasteiger charge is 2.16. The number of benzene rings is 1. The number of aromatic nitrogens is 1. The SMILES string of the molecule is CCN(CC)c1c(N)c(OC)cc2cccnc12. The Bertz CT molecular complexity index is 550. The van der Waals surface area contributed by atoms with E-state index in [4.69, 9.17) is 10.5 Å². The van der Waals surface area contributed by atoms with Crippen molar-refractivity contribution in [3.05, 3.63) is 24.4 Å². The Kier molecular flexibility index (Phi) is 3.55. The van der Waals surface area contributed by atoms with Gasteiger partial charge in [0, 0.05) is 24.7 Å². The maximum absolute atomic E-state index is 6.21. The van der Waals surface area contributed by atoms with Crippen molar-refractivity contribution in [3.8, 4) is 5.75 Å². The minimum Gasteiger partial charge on any atom is -0.494 e. The molecule has 1 aromatic carbocycles. The molecule has 4 nitrogen and oxygen atoms in total. The lowest BCUT2D eigenvalue weighted by molar-refractivity contribution is 0.417. The Morgan fingerprint density at radius 1 is 1.33 bits per heavy atom. The number of nitrogen functional groups attached to an aromatic ring is 1. The Morgan fingerprint density at radius 2 is 2.06 bits per heavy atom. The molecule has 2 aromatic rings. The molecule has 0 fully saturated rings. The van der Waals surface area contributed by atoms with Crippen molar-refractivity contribution in [3.63, 3.8) is 0 Å². The van der Waals surface area contributed by atoms with Crippen molar-refractivity contribution in [2.24, 2.45) is 0 Å². The predicted molar refractivity (Wildman–Crippen MR) is 76.3 cm³/mol. The van der Waals surface area contributed by atoms with Crippen LogP contribution < -0.4 is 15.4 Å². The molecular weight excluding hydrogens is 226 g/mol. The van der Waals surface area contributed by atoms with Crippen molar-refractivity contribution in [2.45, 2.75) is 13.8 Å². The highest BCUT2D eigenvalue weighted by molar-refractivity contribution is 6.00. The largest absolute Gasteiger partial charge is 0.494 e. The molecule has 0 aliphatic carbocycles. The van der Waals surface area contributed by atoms with Crippen LogP contribution in [0.2, 0.25) is 0 Å². The fourth-order valence-corrected chi connectivity index (χ4v) is 2.22. The smallest absolute Gasteiger partial charge is 0.144 e. The van der Waals surface area contributed by atoms with E-state index in [0.717, 1.165) is 29.7 Å². The first-order valence-electron chi connectivity index (χ1n) is 6.19. The molecule has 0 aliphatic rings. The van der Waals surface area contributed by atoms with Gasteiger partial charge in [-0.1, -0.05) is 6.07 Å². The van der Waals surface area contributed by atoms with Crippen LogP contribution in [0.4, 0.5) is 11.4 Å². The molecule has 0 saturated heterocycles. The first-order chi connectivity index (χ1) is 8.72. The minimum absolute atomic E-state index is 0.660. The summed E-state index contributed by atoms with van der Waals surface area (Å²) in [5.74, 6) is 0.706. The van der Waals surface area contributed by atoms with Crippen LogP contribution >= 0.6 is 0 Å². The molecule has 0 atom stereocenters. The van der Waals surface area contributed by atoms with Gasteiger partial charge in [0.2, 0.25) is 0 Å². The molecule has 0 unspecified atom stereocenters. The summed E-state index contributed by atoms with van der Waals surface area (Å²) in [6, 6.07) is 5.88. The zero-order chi connectivity index (χ0) is 13.1. The maximum atomic E-state index is 6.21. The van der Waals surface area contributed by atoms with Gasteiger partial charge in [0.25, 0.3) is 0 Å². The zero-order valence-corrected chi connectivity index (χ0v) is 11.1. The third kappa shape index (κ3) is 1.94. The topological polar surface area (TPSA) is 51.4 Å². The van der Waals surface area contributed by atoms with Crippen LogP contribution in [-0.2, 0) is 0 Å². The van der Waals surface area contributed by atoms with Crippen LogP contribution in [0.25, 0.3) is 10.9 Å². The summed E-state index contributed by atoms with van der Waals surface area (Å²) in [7, 11) is 1.64. The number of nitrogens with zero attached hydrogens (tertiary/aromatic N) is 2. The fourth-order valence-electron chi connectivity index (χ4n) is 2.22. The number of anilines is 2. The number of hydrogen-bond donors (Lipinski definition) is 1. The lowest BCUT2D eigenvalue weighted by atomic mass is 10.1. The van der Waals surface area contributed by atoms with Crippen LogP contribution in [0, 0.1) is 0 Å². The molecule has 0 spiro atoms. The van der Waals surface area contributed by atoms with Gasteiger partial charge < -0.3 is 15.4 Å². The second-order valence-corrected chi connectivity index (χ2v) is 4.09. The van der Waals surface area contributed by atoms with Crippen molar-refractivity contribution >= 4 is 22.3 Å². The third-order valence-corrected chi connectivity index (χ3v) is 3.17. The molecule has 0 bridgehead atoms. The van der Waals surface area contributed by atoms with Crippen LogP contribution in [0.15, 0.2) is 24.4 Å². The summed E-state index contributed by atoms with van der Waals surface area (Å²) in [6.45, 7) is 5.99. The second-order valence-electron chi connectivity index (χ2n) is 4.09. The van der Waals surface area contributed by atoms with E-state index >= 15 is 0 Å². The third-order valence-electron chi connectivity index (χ3n) is 3.17. The van der Waals surface area contributed by atoms with Gasteiger partial charge in [-0.3, -0.25) is 4.98 Å². The molecule has 96 valence electrons. The number of ether oxygens (including phenoxy) is 1. The molecular formula is C14H19N3O. The average molecular weight is 245 g/mol.